The number of aryl methyl sites for hydroxylation is 2. The summed E-state index contributed by atoms with van der Waals surface area (Å²) in [5, 5.41) is 14.3. The Hall–Kier alpha value is -0.780. The summed E-state index contributed by atoms with van der Waals surface area (Å²) in [7, 11) is 0. The second-order valence-corrected chi connectivity index (χ2v) is 7.55. The number of hydrogen-bond acceptors (Lipinski definition) is 5. The van der Waals surface area contributed by atoms with Crippen molar-refractivity contribution >= 4 is 22.7 Å². The Bertz CT molecular complexity index is 517. The highest BCUT2D eigenvalue weighted by atomic mass is 32.1. The molecule has 3 nitrogen and oxygen atoms in total. The molecule has 0 fully saturated rings. The summed E-state index contributed by atoms with van der Waals surface area (Å²) in [6, 6.07) is 4.36. The highest BCUT2D eigenvalue weighted by Gasteiger charge is 2.08. The maximum atomic E-state index is 4.32. The fraction of sp³-hybridized carbons (Fsp3) is 0.600. The molecule has 0 radical (unpaired) electrons. The minimum atomic E-state index is 0.717. The molecule has 0 unspecified atom stereocenters. The Balaban J connectivity index is 1.80. The van der Waals surface area contributed by atoms with Gasteiger partial charge in [0.15, 0.2) is 5.01 Å². The minimum absolute atomic E-state index is 0.717. The standard InChI is InChI=1S/C15H23N3S2/c1-4-12-7-8-13(19-12)15-18-17-14(20-15)6-5-9-16-10-11(2)3/h7-8,11,16H,4-6,9-10H2,1-3H3. The second kappa shape index (κ2) is 7.86. The molecule has 110 valence electrons. The van der Waals surface area contributed by atoms with Gasteiger partial charge in [-0.3, -0.25) is 0 Å². The first-order chi connectivity index (χ1) is 9.69. The smallest absolute Gasteiger partial charge is 0.157 e. The van der Waals surface area contributed by atoms with Crippen molar-refractivity contribution in [2.45, 2.75) is 40.0 Å². The lowest BCUT2D eigenvalue weighted by Crippen LogP contribution is -2.21. The molecule has 0 saturated heterocycles. The quantitative estimate of drug-likeness (QED) is 0.749. The van der Waals surface area contributed by atoms with Gasteiger partial charge in [0.05, 0.1) is 4.88 Å². The van der Waals surface area contributed by atoms with E-state index in [0.29, 0.717) is 0 Å². The van der Waals surface area contributed by atoms with Gasteiger partial charge >= 0.3 is 0 Å². The van der Waals surface area contributed by atoms with Crippen molar-refractivity contribution in [3.63, 3.8) is 0 Å². The van der Waals surface area contributed by atoms with Gasteiger partial charge < -0.3 is 5.32 Å². The molecule has 0 amide bonds. The van der Waals surface area contributed by atoms with Crippen LogP contribution in [0.25, 0.3) is 9.88 Å². The third-order valence-corrected chi connectivity index (χ3v) is 5.37. The van der Waals surface area contributed by atoms with E-state index in [9.17, 15) is 0 Å². The highest BCUT2D eigenvalue weighted by Crippen LogP contribution is 2.30. The van der Waals surface area contributed by atoms with Crippen LogP contribution in [0.15, 0.2) is 12.1 Å². The van der Waals surface area contributed by atoms with E-state index in [2.05, 4.69) is 48.4 Å². The predicted octanol–water partition coefficient (Wildman–Crippen LogP) is 4.01. The maximum Gasteiger partial charge on any atom is 0.157 e. The third kappa shape index (κ3) is 4.65. The van der Waals surface area contributed by atoms with Crippen LogP contribution in [-0.2, 0) is 12.8 Å². The van der Waals surface area contributed by atoms with Crippen molar-refractivity contribution in [1.29, 1.82) is 0 Å². The first-order valence-corrected chi connectivity index (χ1v) is 8.94. The zero-order valence-electron chi connectivity index (χ0n) is 12.5. The van der Waals surface area contributed by atoms with Gasteiger partial charge in [-0.2, -0.15) is 0 Å². The van der Waals surface area contributed by atoms with E-state index in [1.807, 2.05) is 11.3 Å². The number of thiophene rings is 1. The highest BCUT2D eigenvalue weighted by molar-refractivity contribution is 7.21. The number of hydrogen-bond donors (Lipinski definition) is 1. The van der Waals surface area contributed by atoms with Crippen LogP contribution in [0.1, 0.15) is 37.1 Å². The molecule has 1 N–H and O–H groups in total. The summed E-state index contributed by atoms with van der Waals surface area (Å²) in [6.45, 7) is 8.80. The molecule has 0 saturated carbocycles. The van der Waals surface area contributed by atoms with Gasteiger partial charge in [0.2, 0.25) is 0 Å². The molecule has 2 heterocycles. The Labute approximate surface area is 129 Å². The van der Waals surface area contributed by atoms with Crippen molar-refractivity contribution in [1.82, 2.24) is 15.5 Å². The number of nitrogens with one attached hydrogen (secondary N) is 1. The fourth-order valence-electron chi connectivity index (χ4n) is 1.89. The molecule has 0 bridgehead atoms. The molecule has 0 aromatic carbocycles. The van der Waals surface area contributed by atoms with Crippen LogP contribution >= 0.6 is 22.7 Å². The van der Waals surface area contributed by atoms with E-state index in [1.54, 1.807) is 11.3 Å². The monoisotopic (exact) mass is 309 g/mol. The number of rotatable bonds is 8. The predicted molar refractivity (Wildman–Crippen MR) is 88.6 cm³/mol. The van der Waals surface area contributed by atoms with E-state index < -0.39 is 0 Å². The Kier molecular flexibility index (Phi) is 6.13. The van der Waals surface area contributed by atoms with Gasteiger partial charge in [0.1, 0.15) is 5.01 Å². The number of aromatic nitrogens is 2. The van der Waals surface area contributed by atoms with Crippen LogP contribution in [0.5, 0.6) is 0 Å². The van der Waals surface area contributed by atoms with Crippen LogP contribution in [0.3, 0.4) is 0 Å². The molecule has 5 heteroatoms. The Morgan fingerprint density at radius 1 is 1.20 bits per heavy atom. The normalized spacial score (nSPS) is 11.4. The van der Waals surface area contributed by atoms with E-state index in [4.69, 9.17) is 0 Å². The second-order valence-electron chi connectivity index (χ2n) is 5.32. The minimum Gasteiger partial charge on any atom is -0.316 e. The molecule has 0 aliphatic heterocycles. The average molecular weight is 310 g/mol. The van der Waals surface area contributed by atoms with Crippen molar-refractivity contribution in [2.75, 3.05) is 13.1 Å². The summed E-state index contributed by atoms with van der Waals surface area (Å²) in [4.78, 5) is 2.66. The third-order valence-electron chi connectivity index (χ3n) is 2.98. The van der Waals surface area contributed by atoms with Gasteiger partial charge in [-0.1, -0.05) is 32.1 Å². The number of nitrogens with zero attached hydrogens (tertiary/aromatic N) is 2. The van der Waals surface area contributed by atoms with Gasteiger partial charge in [0, 0.05) is 11.3 Å². The zero-order valence-corrected chi connectivity index (χ0v) is 14.1. The average Bonchev–Trinajstić information content (AvgIpc) is 3.06. The first kappa shape index (κ1) is 15.6. The van der Waals surface area contributed by atoms with Gasteiger partial charge in [0.25, 0.3) is 0 Å². The summed E-state index contributed by atoms with van der Waals surface area (Å²) in [5.74, 6) is 0.717. The van der Waals surface area contributed by atoms with Gasteiger partial charge in [-0.15, -0.1) is 21.5 Å². The lowest BCUT2D eigenvalue weighted by molar-refractivity contribution is 0.542. The molecule has 0 aliphatic carbocycles. The molecule has 2 rings (SSSR count). The summed E-state index contributed by atoms with van der Waals surface area (Å²) < 4.78 is 0. The van der Waals surface area contributed by atoms with Crippen LogP contribution in [0.4, 0.5) is 0 Å². The molecule has 2 aromatic heterocycles. The summed E-state index contributed by atoms with van der Waals surface area (Å²) >= 11 is 3.56. The molecule has 0 spiro atoms. The maximum absolute atomic E-state index is 4.32. The van der Waals surface area contributed by atoms with Crippen LogP contribution in [-0.4, -0.2) is 23.3 Å². The van der Waals surface area contributed by atoms with Crippen molar-refractivity contribution in [3.8, 4) is 9.88 Å². The van der Waals surface area contributed by atoms with E-state index in [-0.39, 0.29) is 0 Å². The van der Waals surface area contributed by atoms with Gasteiger partial charge in [-0.25, -0.2) is 0 Å². The Morgan fingerprint density at radius 3 is 2.75 bits per heavy atom. The zero-order chi connectivity index (χ0) is 14.4. The van der Waals surface area contributed by atoms with Gasteiger partial charge in [-0.05, 0) is 44.0 Å². The lowest BCUT2D eigenvalue weighted by Gasteiger charge is -2.05. The van der Waals surface area contributed by atoms with Crippen molar-refractivity contribution < 1.29 is 0 Å². The van der Waals surface area contributed by atoms with Crippen molar-refractivity contribution in [2.24, 2.45) is 5.92 Å². The summed E-state index contributed by atoms with van der Waals surface area (Å²) in [6.07, 6.45) is 3.25. The van der Waals surface area contributed by atoms with E-state index >= 15 is 0 Å². The molecular formula is C15H23N3S2. The molecule has 0 aliphatic rings. The molecule has 20 heavy (non-hydrogen) atoms. The SMILES string of the molecule is CCc1ccc(-c2nnc(CCCNCC(C)C)s2)s1. The van der Waals surface area contributed by atoms with Crippen LogP contribution < -0.4 is 5.32 Å². The van der Waals surface area contributed by atoms with Crippen molar-refractivity contribution in [3.05, 3.63) is 22.0 Å². The lowest BCUT2D eigenvalue weighted by atomic mass is 10.2. The molecule has 2 aromatic rings. The van der Waals surface area contributed by atoms with E-state index in [1.165, 1.54) is 9.75 Å². The molecule has 0 atom stereocenters. The first-order valence-electron chi connectivity index (χ1n) is 7.31. The van der Waals surface area contributed by atoms with Crippen LogP contribution in [0.2, 0.25) is 0 Å². The fourth-order valence-corrected chi connectivity index (χ4v) is 3.77. The summed E-state index contributed by atoms with van der Waals surface area (Å²) in [5.41, 5.74) is 0. The molecular weight excluding hydrogens is 286 g/mol. The Morgan fingerprint density at radius 2 is 2.05 bits per heavy atom. The topological polar surface area (TPSA) is 37.8 Å². The van der Waals surface area contributed by atoms with E-state index in [0.717, 1.165) is 48.3 Å². The largest absolute Gasteiger partial charge is 0.316 e. The van der Waals surface area contributed by atoms with Crippen LogP contribution in [0, 0.1) is 5.92 Å².